The third kappa shape index (κ3) is 1.73. The maximum Gasteiger partial charge on any atom is 0.435 e. The number of halogens is 3. The summed E-state index contributed by atoms with van der Waals surface area (Å²) in [6.45, 7) is 0. The number of alkyl halides is 3. The highest BCUT2D eigenvalue weighted by Crippen LogP contribution is 2.35. The van der Waals surface area contributed by atoms with Crippen molar-refractivity contribution < 1.29 is 17.7 Å². The fraction of sp³-hybridized carbons (Fsp3) is 0.250. The van der Waals surface area contributed by atoms with Crippen LogP contribution < -0.4 is 5.73 Å². The number of nitrogens with zero attached hydrogens (tertiary/aromatic N) is 3. The monoisotopic (exact) mass is 232 g/mol. The number of aromatic nitrogens is 3. The molecule has 0 bridgehead atoms. The summed E-state index contributed by atoms with van der Waals surface area (Å²) < 4.78 is 43.3. The van der Waals surface area contributed by atoms with E-state index in [1.807, 2.05) is 0 Å². The van der Waals surface area contributed by atoms with Gasteiger partial charge in [-0.2, -0.15) is 18.3 Å². The van der Waals surface area contributed by atoms with Gasteiger partial charge in [-0.1, -0.05) is 5.16 Å². The number of hydrogen-bond donors (Lipinski definition) is 1. The fourth-order valence-corrected chi connectivity index (χ4v) is 1.30. The molecule has 0 aliphatic rings. The van der Waals surface area contributed by atoms with E-state index in [0.717, 1.165) is 4.68 Å². The van der Waals surface area contributed by atoms with E-state index in [4.69, 9.17) is 5.73 Å². The van der Waals surface area contributed by atoms with Gasteiger partial charge < -0.3 is 10.3 Å². The van der Waals surface area contributed by atoms with E-state index in [-0.39, 0.29) is 17.1 Å². The van der Waals surface area contributed by atoms with Crippen LogP contribution in [0.5, 0.6) is 0 Å². The van der Waals surface area contributed by atoms with Gasteiger partial charge in [0, 0.05) is 19.3 Å². The van der Waals surface area contributed by atoms with Crippen LogP contribution in [0.1, 0.15) is 5.69 Å². The summed E-state index contributed by atoms with van der Waals surface area (Å²) in [5.74, 6) is -0.0491. The van der Waals surface area contributed by atoms with Crippen LogP contribution in [0, 0.1) is 0 Å². The third-order valence-electron chi connectivity index (χ3n) is 1.90. The zero-order chi connectivity index (χ0) is 11.9. The lowest BCUT2D eigenvalue weighted by atomic mass is 10.2. The van der Waals surface area contributed by atoms with Crippen molar-refractivity contribution in [3.8, 4) is 11.3 Å². The first kappa shape index (κ1) is 10.5. The molecule has 0 aliphatic heterocycles. The minimum absolute atomic E-state index is 0.0120. The highest BCUT2D eigenvalue weighted by Gasteiger charge is 2.38. The highest BCUT2D eigenvalue weighted by molar-refractivity contribution is 5.63. The summed E-state index contributed by atoms with van der Waals surface area (Å²) in [5.41, 5.74) is 4.09. The first-order chi connectivity index (χ1) is 7.38. The number of nitrogen functional groups attached to an aromatic ring is 1. The number of aryl methyl sites for hydroxylation is 1. The average Bonchev–Trinajstić information content (AvgIpc) is 2.70. The lowest BCUT2D eigenvalue weighted by Crippen LogP contribution is -2.08. The van der Waals surface area contributed by atoms with Crippen LogP contribution in [0.4, 0.5) is 19.1 Å². The van der Waals surface area contributed by atoms with Crippen molar-refractivity contribution in [2.45, 2.75) is 6.18 Å². The topological polar surface area (TPSA) is 69.9 Å². The molecule has 16 heavy (non-hydrogen) atoms. The second-order valence-corrected chi connectivity index (χ2v) is 3.18. The van der Waals surface area contributed by atoms with E-state index in [0.29, 0.717) is 0 Å². The zero-order valence-corrected chi connectivity index (χ0v) is 8.12. The SMILES string of the molecule is Cn1cc(-c2cc(N)on2)c(C(F)(F)F)n1. The minimum atomic E-state index is -4.54. The summed E-state index contributed by atoms with van der Waals surface area (Å²) in [6, 6.07) is 1.21. The Morgan fingerprint density at radius 3 is 2.62 bits per heavy atom. The van der Waals surface area contributed by atoms with Gasteiger partial charge in [-0.15, -0.1) is 0 Å². The molecule has 0 saturated heterocycles. The normalized spacial score (nSPS) is 12.0. The van der Waals surface area contributed by atoms with Crippen molar-refractivity contribution in [3.05, 3.63) is 18.0 Å². The summed E-state index contributed by atoms with van der Waals surface area (Å²) >= 11 is 0. The molecule has 0 atom stereocenters. The van der Waals surface area contributed by atoms with Crippen LogP contribution in [0.15, 0.2) is 16.8 Å². The molecular formula is C8H7F3N4O. The van der Waals surface area contributed by atoms with Gasteiger partial charge in [-0.3, -0.25) is 4.68 Å². The lowest BCUT2D eigenvalue weighted by Gasteiger charge is -2.03. The Hall–Kier alpha value is -1.99. The summed E-state index contributed by atoms with van der Waals surface area (Å²) in [5, 5.41) is 6.76. The van der Waals surface area contributed by atoms with Crippen molar-refractivity contribution in [2.24, 2.45) is 7.05 Å². The third-order valence-corrected chi connectivity index (χ3v) is 1.90. The first-order valence-electron chi connectivity index (χ1n) is 4.21. The van der Waals surface area contributed by atoms with Gasteiger partial charge in [-0.05, 0) is 0 Å². The molecule has 0 aromatic carbocycles. The van der Waals surface area contributed by atoms with Crippen LogP contribution >= 0.6 is 0 Å². The van der Waals surface area contributed by atoms with Crippen LogP contribution in [0.3, 0.4) is 0 Å². The van der Waals surface area contributed by atoms with E-state index in [9.17, 15) is 13.2 Å². The maximum absolute atomic E-state index is 12.6. The van der Waals surface area contributed by atoms with Crippen LogP contribution in [-0.2, 0) is 13.2 Å². The summed E-state index contributed by atoms with van der Waals surface area (Å²) in [7, 11) is 1.39. The quantitative estimate of drug-likeness (QED) is 0.811. The van der Waals surface area contributed by atoms with Crippen molar-refractivity contribution in [1.29, 1.82) is 0 Å². The van der Waals surface area contributed by atoms with Gasteiger partial charge in [0.15, 0.2) is 5.69 Å². The molecule has 0 saturated carbocycles. The van der Waals surface area contributed by atoms with Crippen molar-refractivity contribution in [3.63, 3.8) is 0 Å². The van der Waals surface area contributed by atoms with Gasteiger partial charge in [0.1, 0.15) is 5.69 Å². The summed E-state index contributed by atoms with van der Waals surface area (Å²) in [6.07, 6.45) is -3.33. The second-order valence-electron chi connectivity index (χ2n) is 3.18. The maximum atomic E-state index is 12.6. The molecule has 0 amide bonds. The summed E-state index contributed by atoms with van der Waals surface area (Å²) in [4.78, 5) is 0. The average molecular weight is 232 g/mol. The predicted molar refractivity (Wildman–Crippen MR) is 48.1 cm³/mol. The molecule has 2 rings (SSSR count). The van der Waals surface area contributed by atoms with E-state index in [1.54, 1.807) is 0 Å². The number of nitrogens with two attached hydrogens (primary N) is 1. The Morgan fingerprint density at radius 1 is 1.44 bits per heavy atom. The van der Waals surface area contributed by atoms with Crippen LogP contribution in [0.25, 0.3) is 11.3 Å². The van der Waals surface area contributed by atoms with Crippen LogP contribution in [0.2, 0.25) is 0 Å². The minimum Gasteiger partial charge on any atom is -0.368 e. The van der Waals surface area contributed by atoms with E-state index in [1.165, 1.54) is 19.3 Å². The molecule has 2 aromatic rings. The number of rotatable bonds is 1. The molecule has 0 spiro atoms. The Labute approximate surface area is 87.6 Å². The Bertz CT molecular complexity index is 514. The molecule has 0 aliphatic carbocycles. The van der Waals surface area contributed by atoms with Crippen molar-refractivity contribution in [1.82, 2.24) is 14.9 Å². The van der Waals surface area contributed by atoms with Gasteiger partial charge in [0.2, 0.25) is 5.88 Å². The molecule has 2 heterocycles. The fourth-order valence-electron chi connectivity index (χ4n) is 1.30. The molecule has 0 fully saturated rings. The second kappa shape index (κ2) is 3.26. The standard InChI is InChI=1S/C8H7F3N4O/c1-15-3-4(5-2-6(12)16-14-5)7(13-15)8(9,10)11/h2-3H,12H2,1H3. The predicted octanol–water partition coefficient (Wildman–Crippen LogP) is 1.68. The molecule has 0 unspecified atom stereocenters. The first-order valence-corrected chi connectivity index (χ1v) is 4.21. The molecular weight excluding hydrogens is 225 g/mol. The molecule has 86 valence electrons. The van der Waals surface area contributed by atoms with Crippen molar-refractivity contribution >= 4 is 5.88 Å². The lowest BCUT2D eigenvalue weighted by molar-refractivity contribution is -0.141. The Kier molecular flexibility index (Phi) is 2.14. The largest absolute Gasteiger partial charge is 0.435 e. The van der Waals surface area contributed by atoms with Gasteiger partial charge >= 0.3 is 6.18 Å². The van der Waals surface area contributed by atoms with Crippen molar-refractivity contribution in [2.75, 3.05) is 5.73 Å². The number of anilines is 1. The van der Waals surface area contributed by atoms with Gasteiger partial charge in [-0.25, -0.2) is 0 Å². The molecule has 0 radical (unpaired) electrons. The molecule has 2 N–H and O–H groups in total. The van der Waals surface area contributed by atoms with E-state index in [2.05, 4.69) is 14.8 Å². The highest BCUT2D eigenvalue weighted by atomic mass is 19.4. The zero-order valence-electron chi connectivity index (χ0n) is 8.12. The smallest absolute Gasteiger partial charge is 0.368 e. The molecule has 5 nitrogen and oxygen atoms in total. The Morgan fingerprint density at radius 2 is 2.12 bits per heavy atom. The van der Waals surface area contributed by atoms with Gasteiger partial charge in [0.25, 0.3) is 0 Å². The van der Waals surface area contributed by atoms with E-state index >= 15 is 0 Å². The molecule has 8 heteroatoms. The molecule has 2 aromatic heterocycles. The number of hydrogen-bond acceptors (Lipinski definition) is 4. The van der Waals surface area contributed by atoms with Gasteiger partial charge in [0.05, 0.1) is 5.56 Å². The van der Waals surface area contributed by atoms with E-state index < -0.39 is 11.9 Å². The Balaban J connectivity index is 2.57. The van der Waals surface area contributed by atoms with Crippen LogP contribution in [-0.4, -0.2) is 14.9 Å².